The second-order valence-electron chi connectivity index (χ2n) is 8.33. The Bertz CT molecular complexity index is 792. The van der Waals surface area contributed by atoms with Gasteiger partial charge in [-0.1, -0.05) is 0 Å². The minimum absolute atomic E-state index is 0.0528. The largest absolute Gasteiger partial charge is 0.352 e. The van der Waals surface area contributed by atoms with Gasteiger partial charge in [-0.15, -0.1) is 0 Å². The molecule has 3 heterocycles. The molecule has 1 aliphatic heterocycles. The second kappa shape index (κ2) is 9.00. The van der Waals surface area contributed by atoms with Gasteiger partial charge < -0.3 is 10.2 Å². The Balaban J connectivity index is 1.26. The van der Waals surface area contributed by atoms with E-state index in [1.165, 1.54) is 0 Å². The summed E-state index contributed by atoms with van der Waals surface area (Å²) in [7, 11) is 2.14. The molecule has 0 radical (unpaired) electrons. The lowest BCUT2D eigenvalue weighted by Crippen LogP contribution is -2.54. The van der Waals surface area contributed by atoms with Gasteiger partial charge in [-0.05, 0) is 45.7 Å². The van der Waals surface area contributed by atoms with Crippen molar-refractivity contribution < 1.29 is 4.79 Å². The Kier molecular flexibility index (Phi) is 6.20. The zero-order valence-corrected chi connectivity index (χ0v) is 17.4. The topological polar surface area (TPSA) is 79.2 Å². The molecule has 1 saturated heterocycles. The standard InChI is InChI=1S/C21H31N7O/c1-16(27-11-9-26(2)10-12-27)21(29)25-18-3-5-19(6-4-18)28-14-17(13-24-28)20-7-8-22-15-23-20/h7-8,13-16,18-19H,3-6,9-12H2,1-2H3,(H,25,29). The Labute approximate surface area is 172 Å². The predicted octanol–water partition coefficient (Wildman–Crippen LogP) is 1.58. The third kappa shape index (κ3) is 4.82. The molecule has 8 heteroatoms. The first-order valence-electron chi connectivity index (χ1n) is 10.6. The second-order valence-corrected chi connectivity index (χ2v) is 8.33. The first-order chi connectivity index (χ1) is 14.1. The van der Waals surface area contributed by atoms with Crippen molar-refractivity contribution in [1.29, 1.82) is 0 Å². The van der Waals surface area contributed by atoms with E-state index in [4.69, 9.17) is 0 Å². The average Bonchev–Trinajstić information content (AvgIpc) is 3.25. The number of hydrogen-bond acceptors (Lipinski definition) is 6. The van der Waals surface area contributed by atoms with Gasteiger partial charge in [0.05, 0.1) is 24.0 Å². The third-order valence-corrected chi connectivity index (χ3v) is 6.36. The van der Waals surface area contributed by atoms with Crippen molar-refractivity contribution in [3.63, 3.8) is 0 Å². The van der Waals surface area contributed by atoms with Crippen LogP contribution in [0.4, 0.5) is 0 Å². The monoisotopic (exact) mass is 397 g/mol. The van der Waals surface area contributed by atoms with Crippen LogP contribution in [-0.2, 0) is 4.79 Å². The molecule has 1 unspecified atom stereocenters. The SMILES string of the molecule is CC(C(=O)NC1CCC(n2cc(-c3ccncn3)cn2)CC1)N1CCN(C)CC1. The Morgan fingerprint density at radius 2 is 1.93 bits per heavy atom. The van der Waals surface area contributed by atoms with E-state index in [9.17, 15) is 4.79 Å². The summed E-state index contributed by atoms with van der Waals surface area (Å²) in [6, 6.07) is 2.50. The molecule has 1 atom stereocenters. The van der Waals surface area contributed by atoms with Crippen LogP contribution in [0.5, 0.6) is 0 Å². The summed E-state index contributed by atoms with van der Waals surface area (Å²) in [5.41, 5.74) is 1.91. The highest BCUT2D eigenvalue weighted by Gasteiger charge is 2.28. The third-order valence-electron chi connectivity index (χ3n) is 6.36. The molecule has 2 fully saturated rings. The van der Waals surface area contributed by atoms with E-state index < -0.39 is 0 Å². The first-order valence-corrected chi connectivity index (χ1v) is 10.6. The molecule has 29 heavy (non-hydrogen) atoms. The summed E-state index contributed by atoms with van der Waals surface area (Å²) in [5, 5.41) is 7.85. The molecule has 2 aliphatic rings. The lowest BCUT2D eigenvalue weighted by atomic mass is 9.91. The zero-order valence-electron chi connectivity index (χ0n) is 17.4. The number of piperazine rings is 1. The molecule has 0 aromatic carbocycles. The van der Waals surface area contributed by atoms with Gasteiger partial charge in [-0.2, -0.15) is 5.10 Å². The summed E-state index contributed by atoms with van der Waals surface area (Å²) >= 11 is 0. The first kappa shape index (κ1) is 20.0. The van der Waals surface area contributed by atoms with Crippen LogP contribution < -0.4 is 5.32 Å². The van der Waals surface area contributed by atoms with Crippen molar-refractivity contribution in [1.82, 2.24) is 34.9 Å². The van der Waals surface area contributed by atoms with Crippen molar-refractivity contribution in [2.45, 2.75) is 50.7 Å². The minimum atomic E-state index is -0.0528. The number of nitrogens with zero attached hydrogens (tertiary/aromatic N) is 6. The van der Waals surface area contributed by atoms with Crippen LogP contribution in [0.15, 0.2) is 31.0 Å². The summed E-state index contributed by atoms with van der Waals surface area (Å²) < 4.78 is 2.06. The van der Waals surface area contributed by atoms with E-state index >= 15 is 0 Å². The maximum atomic E-state index is 12.7. The number of hydrogen-bond donors (Lipinski definition) is 1. The van der Waals surface area contributed by atoms with E-state index in [-0.39, 0.29) is 18.0 Å². The van der Waals surface area contributed by atoms with E-state index in [1.807, 2.05) is 19.2 Å². The van der Waals surface area contributed by atoms with Crippen LogP contribution in [0.2, 0.25) is 0 Å². The fourth-order valence-corrected chi connectivity index (χ4v) is 4.31. The highest BCUT2D eigenvalue weighted by molar-refractivity contribution is 5.81. The van der Waals surface area contributed by atoms with Crippen LogP contribution >= 0.6 is 0 Å². The molecule has 156 valence electrons. The predicted molar refractivity (Wildman–Crippen MR) is 111 cm³/mol. The van der Waals surface area contributed by atoms with Crippen molar-refractivity contribution in [2.24, 2.45) is 0 Å². The van der Waals surface area contributed by atoms with Crippen LogP contribution in [0.25, 0.3) is 11.3 Å². The number of carbonyl (C=O) groups is 1. The number of nitrogens with one attached hydrogen (secondary N) is 1. The maximum absolute atomic E-state index is 12.7. The lowest BCUT2D eigenvalue weighted by molar-refractivity contribution is -0.127. The van der Waals surface area contributed by atoms with Crippen molar-refractivity contribution >= 4 is 5.91 Å². The van der Waals surface area contributed by atoms with Crippen molar-refractivity contribution in [3.05, 3.63) is 31.0 Å². The van der Waals surface area contributed by atoms with E-state index in [0.717, 1.165) is 63.1 Å². The van der Waals surface area contributed by atoms with Gasteiger partial charge in [-0.25, -0.2) is 9.97 Å². The highest BCUT2D eigenvalue weighted by atomic mass is 16.2. The molecule has 1 aliphatic carbocycles. The lowest BCUT2D eigenvalue weighted by Gasteiger charge is -2.37. The van der Waals surface area contributed by atoms with Gasteiger partial charge in [-0.3, -0.25) is 14.4 Å². The number of rotatable bonds is 5. The summed E-state index contributed by atoms with van der Waals surface area (Å²) in [6.45, 7) is 6.02. The maximum Gasteiger partial charge on any atom is 0.237 e. The number of likely N-dealkylation sites (N-methyl/N-ethyl adjacent to an activating group) is 1. The minimum Gasteiger partial charge on any atom is -0.352 e. The van der Waals surface area contributed by atoms with Gasteiger partial charge in [0, 0.05) is 50.2 Å². The molecular weight excluding hydrogens is 366 g/mol. The fraction of sp³-hybridized carbons (Fsp3) is 0.619. The summed E-state index contributed by atoms with van der Waals surface area (Å²) in [5.74, 6) is 0.170. The quantitative estimate of drug-likeness (QED) is 0.825. The van der Waals surface area contributed by atoms with Crippen LogP contribution in [0, 0.1) is 0 Å². The van der Waals surface area contributed by atoms with Gasteiger partial charge in [0.1, 0.15) is 6.33 Å². The summed E-state index contributed by atoms with van der Waals surface area (Å²) in [4.78, 5) is 25.6. The highest BCUT2D eigenvalue weighted by Crippen LogP contribution is 2.29. The van der Waals surface area contributed by atoms with Crippen LogP contribution in [0.3, 0.4) is 0 Å². The van der Waals surface area contributed by atoms with E-state index in [2.05, 4.69) is 48.1 Å². The number of aromatic nitrogens is 4. The Morgan fingerprint density at radius 3 is 2.62 bits per heavy atom. The van der Waals surface area contributed by atoms with E-state index in [0.29, 0.717) is 6.04 Å². The van der Waals surface area contributed by atoms with Crippen molar-refractivity contribution in [3.8, 4) is 11.3 Å². The van der Waals surface area contributed by atoms with Gasteiger partial charge >= 0.3 is 0 Å². The normalized spacial score (nSPS) is 24.9. The van der Waals surface area contributed by atoms with Crippen molar-refractivity contribution in [2.75, 3.05) is 33.2 Å². The molecule has 2 aromatic heterocycles. The zero-order chi connectivity index (χ0) is 20.2. The smallest absolute Gasteiger partial charge is 0.237 e. The molecule has 0 bridgehead atoms. The molecule has 8 nitrogen and oxygen atoms in total. The Hall–Kier alpha value is -2.32. The van der Waals surface area contributed by atoms with Crippen LogP contribution in [-0.4, -0.2) is 80.8 Å². The van der Waals surface area contributed by atoms with Gasteiger partial charge in [0.25, 0.3) is 0 Å². The summed E-state index contributed by atoms with van der Waals surface area (Å²) in [6.07, 6.45) is 11.3. The molecule has 4 rings (SSSR count). The number of amides is 1. The van der Waals surface area contributed by atoms with Gasteiger partial charge in [0.15, 0.2) is 0 Å². The van der Waals surface area contributed by atoms with E-state index in [1.54, 1.807) is 12.5 Å². The average molecular weight is 398 g/mol. The molecule has 1 N–H and O–H groups in total. The fourth-order valence-electron chi connectivity index (χ4n) is 4.31. The molecule has 1 amide bonds. The molecule has 1 saturated carbocycles. The molecule has 2 aromatic rings. The number of carbonyl (C=O) groups excluding carboxylic acids is 1. The van der Waals surface area contributed by atoms with Gasteiger partial charge in [0.2, 0.25) is 5.91 Å². The molecule has 0 spiro atoms. The Morgan fingerprint density at radius 1 is 1.17 bits per heavy atom. The molecular formula is C21H31N7O. The van der Waals surface area contributed by atoms with Crippen LogP contribution in [0.1, 0.15) is 38.6 Å².